The van der Waals surface area contributed by atoms with E-state index in [1.165, 1.54) is 24.3 Å². The van der Waals surface area contributed by atoms with Crippen LogP contribution in [0.4, 0.5) is 17.1 Å². The van der Waals surface area contributed by atoms with Gasteiger partial charge in [-0.3, -0.25) is 14.9 Å². The summed E-state index contributed by atoms with van der Waals surface area (Å²) in [4.78, 5) is 21.8. The summed E-state index contributed by atoms with van der Waals surface area (Å²) in [5.74, 6) is -0.217. The lowest BCUT2D eigenvalue weighted by molar-refractivity contribution is -0.384. The number of hydrogen-bond acceptors (Lipinski definition) is 4. The normalized spacial score (nSPS) is 9.95. The zero-order valence-electron chi connectivity index (χ0n) is 11.5. The summed E-state index contributed by atoms with van der Waals surface area (Å²) < 4.78 is 0. The minimum atomic E-state index is -0.481. The predicted molar refractivity (Wildman–Crippen MR) is 81.4 cm³/mol. The Morgan fingerprint density at radius 3 is 2.48 bits per heavy atom. The Balaban J connectivity index is 1.88. The summed E-state index contributed by atoms with van der Waals surface area (Å²) in [5.41, 5.74) is 2.49. The van der Waals surface area contributed by atoms with Crippen molar-refractivity contribution in [1.82, 2.24) is 0 Å². The number of anilines is 2. The summed E-state index contributed by atoms with van der Waals surface area (Å²) in [5, 5.41) is 16.2. The van der Waals surface area contributed by atoms with Crippen molar-refractivity contribution in [2.24, 2.45) is 0 Å². The van der Waals surface area contributed by atoms with E-state index in [-0.39, 0.29) is 18.1 Å². The zero-order chi connectivity index (χ0) is 15.2. The quantitative estimate of drug-likeness (QED) is 0.653. The molecule has 6 heteroatoms. The molecule has 0 aliphatic carbocycles. The first kappa shape index (κ1) is 14.5. The van der Waals surface area contributed by atoms with Crippen molar-refractivity contribution < 1.29 is 9.72 Å². The first-order chi connectivity index (χ1) is 10.0. The van der Waals surface area contributed by atoms with E-state index in [9.17, 15) is 14.9 Å². The molecule has 2 rings (SSSR count). The largest absolute Gasteiger partial charge is 0.376 e. The smallest absolute Gasteiger partial charge is 0.269 e. The van der Waals surface area contributed by atoms with Crippen molar-refractivity contribution in [3.63, 3.8) is 0 Å². The summed E-state index contributed by atoms with van der Waals surface area (Å²) in [6, 6.07) is 13.4. The molecule has 0 radical (unpaired) electrons. The number of aryl methyl sites for hydroxylation is 1. The van der Waals surface area contributed by atoms with Gasteiger partial charge in [-0.2, -0.15) is 0 Å². The van der Waals surface area contributed by atoms with Crippen LogP contribution in [0.1, 0.15) is 5.56 Å². The minimum absolute atomic E-state index is 0.00844. The monoisotopic (exact) mass is 285 g/mol. The molecule has 0 heterocycles. The standard InChI is InChI=1S/C15H15N3O3/c1-11-3-2-4-13(9-11)16-10-15(19)17-12-5-7-14(8-6-12)18(20)21/h2-9,16H,10H2,1H3,(H,17,19). The number of rotatable bonds is 5. The molecule has 0 fully saturated rings. The zero-order valence-corrected chi connectivity index (χ0v) is 11.5. The highest BCUT2D eigenvalue weighted by Crippen LogP contribution is 2.15. The molecule has 2 aromatic carbocycles. The van der Waals surface area contributed by atoms with Crippen LogP contribution in [0.3, 0.4) is 0 Å². The molecule has 0 spiro atoms. The average Bonchev–Trinajstić information content (AvgIpc) is 2.46. The summed E-state index contributed by atoms with van der Waals surface area (Å²) >= 11 is 0. The van der Waals surface area contributed by atoms with Crippen LogP contribution in [0.15, 0.2) is 48.5 Å². The number of amides is 1. The van der Waals surface area contributed by atoms with Crippen LogP contribution < -0.4 is 10.6 Å². The molecule has 0 bridgehead atoms. The van der Waals surface area contributed by atoms with Gasteiger partial charge in [-0.1, -0.05) is 12.1 Å². The SMILES string of the molecule is Cc1cccc(NCC(=O)Nc2ccc([N+](=O)[O-])cc2)c1. The molecular weight excluding hydrogens is 270 g/mol. The van der Waals surface area contributed by atoms with E-state index in [2.05, 4.69) is 10.6 Å². The molecule has 108 valence electrons. The lowest BCUT2D eigenvalue weighted by Gasteiger charge is -2.08. The number of nitro groups is 1. The molecule has 2 aromatic rings. The summed E-state index contributed by atoms with van der Waals surface area (Å²) in [7, 11) is 0. The Morgan fingerprint density at radius 2 is 1.86 bits per heavy atom. The average molecular weight is 285 g/mol. The van der Waals surface area contributed by atoms with E-state index in [1.807, 2.05) is 31.2 Å². The van der Waals surface area contributed by atoms with E-state index in [0.29, 0.717) is 5.69 Å². The van der Waals surface area contributed by atoms with Crippen molar-refractivity contribution in [2.45, 2.75) is 6.92 Å². The fraction of sp³-hybridized carbons (Fsp3) is 0.133. The van der Waals surface area contributed by atoms with Gasteiger partial charge in [-0.15, -0.1) is 0 Å². The minimum Gasteiger partial charge on any atom is -0.376 e. The third kappa shape index (κ3) is 4.31. The molecule has 0 saturated carbocycles. The molecule has 0 saturated heterocycles. The van der Waals surface area contributed by atoms with E-state index >= 15 is 0 Å². The van der Waals surface area contributed by atoms with Crippen LogP contribution in [-0.2, 0) is 4.79 Å². The number of hydrogen-bond donors (Lipinski definition) is 2. The first-order valence-corrected chi connectivity index (χ1v) is 6.39. The number of nitrogens with zero attached hydrogens (tertiary/aromatic N) is 1. The van der Waals surface area contributed by atoms with Gasteiger partial charge in [0.15, 0.2) is 0 Å². The van der Waals surface area contributed by atoms with Crippen LogP contribution in [0.25, 0.3) is 0 Å². The third-order valence-electron chi connectivity index (χ3n) is 2.83. The van der Waals surface area contributed by atoms with Gasteiger partial charge >= 0.3 is 0 Å². The highest BCUT2D eigenvalue weighted by Gasteiger charge is 2.06. The highest BCUT2D eigenvalue weighted by atomic mass is 16.6. The maximum absolute atomic E-state index is 11.8. The van der Waals surface area contributed by atoms with Crippen LogP contribution >= 0.6 is 0 Å². The fourth-order valence-electron chi connectivity index (χ4n) is 1.81. The van der Waals surface area contributed by atoms with Crippen LogP contribution in [0.5, 0.6) is 0 Å². The molecule has 0 atom stereocenters. The topological polar surface area (TPSA) is 84.3 Å². The second-order valence-corrected chi connectivity index (χ2v) is 4.58. The fourth-order valence-corrected chi connectivity index (χ4v) is 1.81. The number of nitrogens with one attached hydrogen (secondary N) is 2. The lowest BCUT2D eigenvalue weighted by atomic mass is 10.2. The van der Waals surface area contributed by atoms with Gasteiger partial charge in [-0.05, 0) is 36.8 Å². The van der Waals surface area contributed by atoms with Crippen molar-refractivity contribution >= 4 is 23.0 Å². The van der Waals surface area contributed by atoms with Crippen molar-refractivity contribution in [2.75, 3.05) is 17.2 Å². The van der Waals surface area contributed by atoms with Gasteiger partial charge in [0.1, 0.15) is 0 Å². The number of carbonyl (C=O) groups is 1. The Hall–Kier alpha value is -2.89. The van der Waals surface area contributed by atoms with Gasteiger partial charge in [0.2, 0.25) is 5.91 Å². The molecule has 0 aromatic heterocycles. The Bertz CT molecular complexity index is 653. The van der Waals surface area contributed by atoms with Gasteiger partial charge < -0.3 is 10.6 Å². The molecule has 0 aliphatic heterocycles. The molecule has 0 unspecified atom stereocenters. The molecule has 1 amide bonds. The predicted octanol–water partition coefficient (Wildman–Crippen LogP) is 2.95. The maximum Gasteiger partial charge on any atom is 0.269 e. The first-order valence-electron chi connectivity index (χ1n) is 6.39. The highest BCUT2D eigenvalue weighted by molar-refractivity contribution is 5.93. The van der Waals surface area contributed by atoms with Gasteiger partial charge in [-0.25, -0.2) is 0 Å². The molecule has 2 N–H and O–H groups in total. The molecule has 21 heavy (non-hydrogen) atoms. The Morgan fingerprint density at radius 1 is 1.14 bits per heavy atom. The lowest BCUT2D eigenvalue weighted by Crippen LogP contribution is -2.21. The van der Waals surface area contributed by atoms with Gasteiger partial charge in [0.25, 0.3) is 5.69 Å². The van der Waals surface area contributed by atoms with E-state index in [4.69, 9.17) is 0 Å². The van der Waals surface area contributed by atoms with Gasteiger partial charge in [0, 0.05) is 23.5 Å². The van der Waals surface area contributed by atoms with E-state index in [0.717, 1.165) is 11.3 Å². The van der Waals surface area contributed by atoms with Crippen molar-refractivity contribution in [1.29, 1.82) is 0 Å². The molecular formula is C15H15N3O3. The van der Waals surface area contributed by atoms with Gasteiger partial charge in [0.05, 0.1) is 11.5 Å². The van der Waals surface area contributed by atoms with Crippen LogP contribution in [-0.4, -0.2) is 17.4 Å². The second kappa shape index (κ2) is 6.51. The number of nitro benzene ring substituents is 1. The van der Waals surface area contributed by atoms with Crippen LogP contribution in [0, 0.1) is 17.0 Å². The molecule has 0 aliphatic rings. The second-order valence-electron chi connectivity index (χ2n) is 4.58. The van der Waals surface area contributed by atoms with Crippen molar-refractivity contribution in [3.05, 3.63) is 64.2 Å². The van der Waals surface area contributed by atoms with Crippen molar-refractivity contribution in [3.8, 4) is 0 Å². The van der Waals surface area contributed by atoms with Crippen LogP contribution in [0.2, 0.25) is 0 Å². The Labute approximate surface area is 121 Å². The number of non-ortho nitro benzene ring substituents is 1. The maximum atomic E-state index is 11.8. The summed E-state index contributed by atoms with van der Waals surface area (Å²) in [6.07, 6.45) is 0. The number of carbonyl (C=O) groups excluding carboxylic acids is 1. The molecule has 6 nitrogen and oxygen atoms in total. The van der Waals surface area contributed by atoms with E-state index in [1.54, 1.807) is 0 Å². The third-order valence-corrected chi connectivity index (χ3v) is 2.83. The number of benzene rings is 2. The van der Waals surface area contributed by atoms with E-state index < -0.39 is 4.92 Å². The summed E-state index contributed by atoms with van der Waals surface area (Å²) in [6.45, 7) is 2.10. The Kier molecular flexibility index (Phi) is 4.50.